The van der Waals surface area contributed by atoms with E-state index in [-0.39, 0.29) is 11.8 Å². The Balaban J connectivity index is 1.16. The zero-order chi connectivity index (χ0) is 21.5. The molecule has 0 aromatic heterocycles. The van der Waals surface area contributed by atoms with Gasteiger partial charge in [0.15, 0.2) is 0 Å². The monoisotopic (exact) mass is 418 g/mol. The minimum Gasteiger partial charge on any atom is -0.356 e. The Morgan fingerprint density at radius 3 is 2.16 bits per heavy atom. The Morgan fingerprint density at radius 1 is 0.806 bits per heavy atom. The molecule has 4 nitrogen and oxygen atoms in total. The molecule has 0 spiro atoms. The number of hydrogen-bond donors (Lipinski definition) is 1. The van der Waals surface area contributed by atoms with Crippen molar-refractivity contribution in [1.82, 2.24) is 10.2 Å². The molecule has 0 radical (unpaired) electrons. The third-order valence-electron chi connectivity index (χ3n) is 6.64. The van der Waals surface area contributed by atoms with Crippen molar-refractivity contribution in [2.45, 2.75) is 51.4 Å². The van der Waals surface area contributed by atoms with Crippen molar-refractivity contribution in [2.75, 3.05) is 19.6 Å². The van der Waals surface area contributed by atoms with Gasteiger partial charge in [0.05, 0.1) is 6.42 Å². The minimum absolute atomic E-state index is 0.171. The molecule has 1 N–H and O–H groups in total. The molecular weight excluding hydrogens is 384 g/mol. The number of carbonyl (C=O) groups is 2. The molecule has 2 aromatic rings. The average molecular weight is 419 g/mol. The Bertz CT molecular complexity index is 851. The van der Waals surface area contributed by atoms with Gasteiger partial charge in [0.2, 0.25) is 11.8 Å². The zero-order valence-corrected chi connectivity index (χ0v) is 18.4. The lowest BCUT2D eigenvalue weighted by Crippen LogP contribution is -2.39. The Labute approximate surface area is 186 Å². The van der Waals surface area contributed by atoms with E-state index < -0.39 is 0 Å². The number of piperidine rings is 1. The van der Waals surface area contributed by atoms with Gasteiger partial charge in [-0.25, -0.2) is 0 Å². The first-order chi connectivity index (χ1) is 15.2. The summed E-state index contributed by atoms with van der Waals surface area (Å²) >= 11 is 0. The van der Waals surface area contributed by atoms with Gasteiger partial charge >= 0.3 is 0 Å². The molecule has 4 rings (SSSR count). The molecule has 2 aliphatic rings. The van der Waals surface area contributed by atoms with Crippen LogP contribution in [-0.4, -0.2) is 36.3 Å². The van der Waals surface area contributed by atoms with E-state index >= 15 is 0 Å². The van der Waals surface area contributed by atoms with E-state index in [1.807, 2.05) is 35.2 Å². The van der Waals surface area contributed by atoms with E-state index in [1.165, 1.54) is 24.0 Å². The van der Waals surface area contributed by atoms with Crippen LogP contribution in [0.2, 0.25) is 0 Å². The molecule has 1 saturated heterocycles. The summed E-state index contributed by atoms with van der Waals surface area (Å²) in [5.74, 6) is 1.79. The number of benzene rings is 2. The van der Waals surface area contributed by atoms with Crippen molar-refractivity contribution in [3.8, 4) is 0 Å². The minimum atomic E-state index is 0.171. The Morgan fingerprint density at radius 2 is 1.48 bits per heavy atom. The second kappa shape index (κ2) is 10.6. The summed E-state index contributed by atoms with van der Waals surface area (Å²) in [5, 5.41) is 3.04. The van der Waals surface area contributed by atoms with Crippen molar-refractivity contribution in [2.24, 2.45) is 11.8 Å². The van der Waals surface area contributed by atoms with Crippen LogP contribution in [0.5, 0.6) is 0 Å². The maximum absolute atomic E-state index is 12.6. The molecule has 0 bridgehead atoms. The predicted molar refractivity (Wildman–Crippen MR) is 124 cm³/mol. The van der Waals surface area contributed by atoms with Crippen LogP contribution in [0.15, 0.2) is 54.6 Å². The Hall–Kier alpha value is -2.62. The molecule has 4 heteroatoms. The number of nitrogens with one attached hydrogen (secondary N) is 1. The van der Waals surface area contributed by atoms with Crippen LogP contribution in [0, 0.1) is 11.8 Å². The first-order valence-electron chi connectivity index (χ1n) is 11.8. The fraction of sp³-hybridized carbons (Fsp3) is 0.481. The van der Waals surface area contributed by atoms with E-state index in [4.69, 9.17) is 0 Å². The highest BCUT2D eigenvalue weighted by atomic mass is 16.2. The van der Waals surface area contributed by atoms with Crippen molar-refractivity contribution >= 4 is 11.8 Å². The molecule has 164 valence electrons. The molecule has 1 saturated carbocycles. The fourth-order valence-electron chi connectivity index (χ4n) is 4.37. The largest absolute Gasteiger partial charge is 0.356 e. The maximum atomic E-state index is 12.6. The van der Waals surface area contributed by atoms with E-state index in [1.54, 1.807) is 0 Å². The van der Waals surface area contributed by atoms with Gasteiger partial charge in [0, 0.05) is 26.1 Å². The normalized spacial score (nSPS) is 16.8. The maximum Gasteiger partial charge on any atom is 0.226 e. The summed E-state index contributed by atoms with van der Waals surface area (Å²) in [6, 6.07) is 18.8. The third-order valence-corrected chi connectivity index (χ3v) is 6.64. The molecule has 2 amide bonds. The lowest BCUT2D eigenvalue weighted by molar-refractivity contribution is -0.131. The number of carbonyl (C=O) groups excluding carboxylic acids is 2. The Kier molecular flexibility index (Phi) is 7.39. The van der Waals surface area contributed by atoms with Gasteiger partial charge in [-0.3, -0.25) is 9.59 Å². The molecule has 0 unspecified atom stereocenters. The van der Waals surface area contributed by atoms with Crippen LogP contribution in [0.4, 0.5) is 0 Å². The van der Waals surface area contributed by atoms with E-state index in [0.717, 1.165) is 56.8 Å². The number of aryl methyl sites for hydroxylation is 1. The van der Waals surface area contributed by atoms with Crippen LogP contribution in [-0.2, 0) is 28.9 Å². The number of nitrogens with zero attached hydrogens (tertiary/aromatic N) is 1. The molecule has 1 aliphatic heterocycles. The summed E-state index contributed by atoms with van der Waals surface area (Å²) in [6.07, 6.45) is 7.64. The highest BCUT2D eigenvalue weighted by Gasteiger charge is 2.23. The summed E-state index contributed by atoms with van der Waals surface area (Å²) < 4.78 is 0. The second-order valence-corrected chi connectivity index (χ2v) is 9.25. The fourth-order valence-corrected chi connectivity index (χ4v) is 4.37. The molecule has 1 aliphatic carbocycles. The summed E-state index contributed by atoms with van der Waals surface area (Å²) in [7, 11) is 0. The quantitative estimate of drug-likeness (QED) is 0.664. The molecule has 31 heavy (non-hydrogen) atoms. The number of hydrogen-bond acceptors (Lipinski definition) is 2. The summed E-state index contributed by atoms with van der Waals surface area (Å²) in [5.41, 5.74) is 3.68. The lowest BCUT2D eigenvalue weighted by Gasteiger charge is -2.32. The van der Waals surface area contributed by atoms with Crippen LogP contribution in [0.3, 0.4) is 0 Å². The predicted octanol–water partition coefficient (Wildman–Crippen LogP) is 4.17. The number of likely N-dealkylation sites (tertiary alicyclic amines) is 1. The molecule has 0 atom stereocenters. The van der Waals surface area contributed by atoms with Gasteiger partial charge in [-0.2, -0.15) is 0 Å². The highest BCUT2D eigenvalue weighted by molar-refractivity contribution is 5.78. The van der Waals surface area contributed by atoms with Gasteiger partial charge in [-0.05, 0) is 67.1 Å². The van der Waals surface area contributed by atoms with Crippen LogP contribution < -0.4 is 5.32 Å². The first-order valence-corrected chi connectivity index (χ1v) is 11.8. The average Bonchev–Trinajstić information content (AvgIpc) is 3.63. The summed E-state index contributed by atoms with van der Waals surface area (Å²) in [4.78, 5) is 26.5. The van der Waals surface area contributed by atoms with Gasteiger partial charge < -0.3 is 10.2 Å². The van der Waals surface area contributed by atoms with E-state index in [9.17, 15) is 9.59 Å². The second-order valence-electron chi connectivity index (χ2n) is 9.25. The smallest absolute Gasteiger partial charge is 0.226 e. The van der Waals surface area contributed by atoms with Crippen LogP contribution in [0.25, 0.3) is 0 Å². The molecule has 2 fully saturated rings. The number of rotatable bonds is 9. The van der Waals surface area contributed by atoms with Crippen molar-refractivity contribution in [3.63, 3.8) is 0 Å². The third kappa shape index (κ3) is 6.95. The standard InChI is InChI=1S/C27H34N2O2/c30-26(28-20-25-10-11-25)13-12-21-6-8-23(9-7-21)18-24-14-16-29(17-15-24)27(31)19-22-4-2-1-3-5-22/h1-9,24-25H,10-20H2,(H,28,30). The SMILES string of the molecule is O=C(CCc1ccc(CC2CCN(C(=O)Cc3ccccc3)CC2)cc1)NCC1CC1. The zero-order valence-electron chi connectivity index (χ0n) is 18.4. The van der Waals surface area contributed by atoms with Gasteiger partial charge in [-0.1, -0.05) is 54.6 Å². The van der Waals surface area contributed by atoms with Gasteiger partial charge in [-0.15, -0.1) is 0 Å². The van der Waals surface area contributed by atoms with Crippen molar-refractivity contribution < 1.29 is 9.59 Å². The van der Waals surface area contributed by atoms with Crippen LogP contribution >= 0.6 is 0 Å². The van der Waals surface area contributed by atoms with Gasteiger partial charge in [0.25, 0.3) is 0 Å². The topological polar surface area (TPSA) is 49.4 Å². The van der Waals surface area contributed by atoms with Crippen molar-refractivity contribution in [1.29, 1.82) is 0 Å². The molecule has 2 aromatic carbocycles. The molecule has 1 heterocycles. The van der Waals surface area contributed by atoms with E-state index in [2.05, 4.69) is 29.6 Å². The van der Waals surface area contributed by atoms with E-state index in [0.29, 0.717) is 18.8 Å². The van der Waals surface area contributed by atoms with Crippen molar-refractivity contribution in [3.05, 3.63) is 71.3 Å². The highest BCUT2D eigenvalue weighted by Crippen LogP contribution is 2.27. The molecular formula is C27H34N2O2. The number of amides is 2. The van der Waals surface area contributed by atoms with Gasteiger partial charge in [0.1, 0.15) is 0 Å². The summed E-state index contributed by atoms with van der Waals surface area (Å²) in [6.45, 7) is 2.59. The first kappa shape index (κ1) is 21.6. The van der Waals surface area contributed by atoms with Crippen LogP contribution in [0.1, 0.15) is 48.8 Å². The lowest BCUT2D eigenvalue weighted by atomic mass is 9.89.